The van der Waals surface area contributed by atoms with Gasteiger partial charge >= 0.3 is 0 Å². The monoisotopic (exact) mass is 380 g/mol. The molecule has 1 aliphatic carbocycles. The Bertz CT molecular complexity index is 611. The van der Waals surface area contributed by atoms with Gasteiger partial charge < -0.3 is 10.6 Å². The molecule has 0 radical (unpaired) electrons. The summed E-state index contributed by atoms with van der Waals surface area (Å²) in [6.45, 7) is 2.94. The Labute approximate surface area is 132 Å². The molecule has 20 heavy (non-hydrogen) atoms. The fraction of sp³-hybridized carbons (Fsp3) is 0.333. The number of anilines is 3. The number of hydrogen-bond donors (Lipinski definition) is 2. The molecule has 2 aromatic rings. The predicted molar refractivity (Wildman–Crippen MR) is 90.6 cm³/mol. The third kappa shape index (κ3) is 3.20. The van der Waals surface area contributed by atoms with Crippen molar-refractivity contribution in [3.8, 4) is 0 Å². The van der Waals surface area contributed by atoms with Gasteiger partial charge in [0.05, 0.1) is 5.69 Å². The van der Waals surface area contributed by atoms with Crippen molar-refractivity contribution in [3.05, 3.63) is 39.7 Å². The van der Waals surface area contributed by atoms with E-state index in [2.05, 4.69) is 62.2 Å². The Kier molecular flexibility index (Phi) is 4.05. The molecule has 1 heterocycles. The van der Waals surface area contributed by atoms with Gasteiger partial charge in [0.15, 0.2) is 0 Å². The number of para-hydroxylation sites is 1. The van der Waals surface area contributed by atoms with Crippen molar-refractivity contribution in [2.45, 2.75) is 25.7 Å². The average molecular weight is 380 g/mol. The van der Waals surface area contributed by atoms with Gasteiger partial charge in [-0.05, 0) is 54.5 Å². The van der Waals surface area contributed by atoms with Crippen molar-refractivity contribution < 1.29 is 0 Å². The predicted octanol–water partition coefficient (Wildman–Crippen LogP) is 4.13. The first-order valence-electron chi connectivity index (χ1n) is 6.90. The SMILES string of the molecule is CCNc1cc(Nc2ccccc2I)nc(C2CC2)n1. The second kappa shape index (κ2) is 5.95. The van der Waals surface area contributed by atoms with Crippen molar-refractivity contribution in [2.75, 3.05) is 17.2 Å². The number of hydrogen-bond acceptors (Lipinski definition) is 4. The molecule has 0 saturated heterocycles. The van der Waals surface area contributed by atoms with Crippen LogP contribution in [0, 0.1) is 3.57 Å². The molecule has 4 nitrogen and oxygen atoms in total. The van der Waals surface area contributed by atoms with Gasteiger partial charge in [-0.25, -0.2) is 9.97 Å². The topological polar surface area (TPSA) is 49.8 Å². The van der Waals surface area contributed by atoms with Gasteiger partial charge in [-0.2, -0.15) is 0 Å². The quantitative estimate of drug-likeness (QED) is 0.766. The number of nitrogens with one attached hydrogen (secondary N) is 2. The lowest BCUT2D eigenvalue weighted by atomic mass is 10.3. The number of nitrogens with zero attached hydrogens (tertiary/aromatic N) is 2. The molecule has 1 fully saturated rings. The van der Waals surface area contributed by atoms with Gasteiger partial charge in [0.2, 0.25) is 0 Å². The van der Waals surface area contributed by atoms with Crippen LogP contribution in [-0.4, -0.2) is 16.5 Å². The highest BCUT2D eigenvalue weighted by atomic mass is 127. The molecule has 1 aliphatic rings. The molecule has 1 saturated carbocycles. The van der Waals surface area contributed by atoms with Crippen LogP contribution in [0.3, 0.4) is 0 Å². The van der Waals surface area contributed by atoms with Crippen molar-refractivity contribution >= 4 is 39.9 Å². The minimum absolute atomic E-state index is 0.545. The molecule has 0 spiro atoms. The first-order chi connectivity index (χ1) is 9.76. The zero-order valence-corrected chi connectivity index (χ0v) is 13.5. The number of benzene rings is 1. The Morgan fingerprint density at radius 2 is 1.95 bits per heavy atom. The number of halogens is 1. The van der Waals surface area contributed by atoms with Crippen LogP contribution in [0.5, 0.6) is 0 Å². The third-order valence-corrected chi connectivity index (χ3v) is 4.12. The van der Waals surface area contributed by atoms with Crippen LogP contribution in [0.25, 0.3) is 0 Å². The zero-order chi connectivity index (χ0) is 13.9. The first kappa shape index (κ1) is 13.6. The van der Waals surface area contributed by atoms with Gasteiger partial charge in [0.1, 0.15) is 17.5 Å². The molecule has 0 unspecified atom stereocenters. The summed E-state index contributed by atoms with van der Waals surface area (Å²) in [5.74, 6) is 3.26. The summed E-state index contributed by atoms with van der Waals surface area (Å²) < 4.78 is 1.18. The van der Waals surface area contributed by atoms with E-state index in [0.717, 1.165) is 29.7 Å². The van der Waals surface area contributed by atoms with E-state index in [1.165, 1.54) is 16.4 Å². The van der Waals surface area contributed by atoms with E-state index in [1.807, 2.05) is 18.2 Å². The summed E-state index contributed by atoms with van der Waals surface area (Å²) >= 11 is 2.33. The summed E-state index contributed by atoms with van der Waals surface area (Å²) in [7, 11) is 0. The van der Waals surface area contributed by atoms with Gasteiger partial charge in [-0.3, -0.25) is 0 Å². The number of aromatic nitrogens is 2. The van der Waals surface area contributed by atoms with E-state index in [0.29, 0.717) is 5.92 Å². The lowest BCUT2D eigenvalue weighted by Gasteiger charge is -2.11. The van der Waals surface area contributed by atoms with Gasteiger partial charge in [-0.15, -0.1) is 0 Å². The van der Waals surface area contributed by atoms with Gasteiger partial charge in [-0.1, -0.05) is 12.1 Å². The highest BCUT2D eigenvalue weighted by Crippen LogP contribution is 2.39. The molecule has 0 aliphatic heterocycles. The minimum atomic E-state index is 0.545. The first-order valence-corrected chi connectivity index (χ1v) is 7.98. The highest BCUT2D eigenvalue weighted by Gasteiger charge is 2.27. The summed E-state index contributed by atoms with van der Waals surface area (Å²) in [6.07, 6.45) is 2.41. The lowest BCUT2D eigenvalue weighted by Crippen LogP contribution is -2.06. The molecule has 3 rings (SSSR count). The van der Waals surface area contributed by atoms with Crippen LogP contribution in [0.15, 0.2) is 30.3 Å². The Morgan fingerprint density at radius 3 is 2.65 bits per heavy atom. The Hall–Kier alpha value is -1.37. The van der Waals surface area contributed by atoms with Crippen molar-refractivity contribution in [2.24, 2.45) is 0 Å². The molecule has 0 atom stereocenters. The zero-order valence-electron chi connectivity index (χ0n) is 11.4. The molecule has 5 heteroatoms. The second-order valence-corrected chi connectivity index (χ2v) is 6.07. The van der Waals surface area contributed by atoms with Crippen LogP contribution in [0.1, 0.15) is 31.5 Å². The van der Waals surface area contributed by atoms with Crippen LogP contribution in [-0.2, 0) is 0 Å². The van der Waals surface area contributed by atoms with Crippen molar-refractivity contribution in [3.63, 3.8) is 0 Å². The van der Waals surface area contributed by atoms with E-state index in [-0.39, 0.29) is 0 Å². The van der Waals surface area contributed by atoms with Crippen molar-refractivity contribution in [1.82, 2.24) is 9.97 Å². The van der Waals surface area contributed by atoms with E-state index >= 15 is 0 Å². The maximum absolute atomic E-state index is 4.65. The Morgan fingerprint density at radius 1 is 1.20 bits per heavy atom. The number of rotatable bonds is 5. The summed E-state index contributed by atoms with van der Waals surface area (Å²) in [4.78, 5) is 9.23. The normalized spacial score (nSPS) is 14.1. The molecule has 0 bridgehead atoms. The van der Waals surface area contributed by atoms with Gasteiger partial charge in [0.25, 0.3) is 0 Å². The van der Waals surface area contributed by atoms with E-state index in [4.69, 9.17) is 0 Å². The van der Waals surface area contributed by atoms with Gasteiger partial charge in [0, 0.05) is 22.1 Å². The lowest BCUT2D eigenvalue weighted by molar-refractivity contribution is 0.927. The minimum Gasteiger partial charge on any atom is -0.370 e. The molecular formula is C15H17IN4. The molecule has 104 valence electrons. The smallest absolute Gasteiger partial charge is 0.136 e. The fourth-order valence-electron chi connectivity index (χ4n) is 2.03. The fourth-order valence-corrected chi connectivity index (χ4v) is 2.55. The van der Waals surface area contributed by atoms with Crippen molar-refractivity contribution in [1.29, 1.82) is 0 Å². The van der Waals surface area contributed by atoms with Crippen LogP contribution < -0.4 is 10.6 Å². The highest BCUT2D eigenvalue weighted by molar-refractivity contribution is 14.1. The molecule has 0 amide bonds. The maximum Gasteiger partial charge on any atom is 0.136 e. The average Bonchev–Trinajstić information content (AvgIpc) is 3.26. The molecule has 1 aromatic heterocycles. The third-order valence-electron chi connectivity index (χ3n) is 3.18. The second-order valence-electron chi connectivity index (χ2n) is 4.91. The van der Waals surface area contributed by atoms with E-state index in [9.17, 15) is 0 Å². The van der Waals surface area contributed by atoms with Crippen LogP contribution in [0.4, 0.5) is 17.3 Å². The standard InChI is InChI=1S/C15H17IN4/c1-2-17-13-9-14(20-15(19-13)10-7-8-10)18-12-6-4-3-5-11(12)16/h3-6,9-10H,2,7-8H2,1H3,(H2,17,18,19,20). The Balaban J connectivity index is 1.89. The van der Waals surface area contributed by atoms with Crippen LogP contribution in [0.2, 0.25) is 0 Å². The maximum atomic E-state index is 4.65. The van der Waals surface area contributed by atoms with Crippen LogP contribution >= 0.6 is 22.6 Å². The molecular weight excluding hydrogens is 363 g/mol. The molecule has 2 N–H and O–H groups in total. The van der Waals surface area contributed by atoms with E-state index in [1.54, 1.807) is 0 Å². The summed E-state index contributed by atoms with van der Waals surface area (Å²) in [6, 6.07) is 10.2. The summed E-state index contributed by atoms with van der Waals surface area (Å²) in [5.41, 5.74) is 1.08. The summed E-state index contributed by atoms with van der Waals surface area (Å²) in [5, 5.41) is 6.67. The largest absolute Gasteiger partial charge is 0.370 e. The van der Waals surface area contributed by atoms with E-state index < -0.39 is 0 Å². The molecule has 1 aromatic carbocycles.